The normalized spacial score (nSPS) is 26.4. The number of likely N-dealkylation sites (tertiary alicyclic amines) is 1. The number of rotatable bonds is 2. The average molecular weight is 413 g/mol. The predicted molar refractivity (Wildman–Crippen MR) is 117 cm³/mol. The lowest BCUT2D eigenvalue weighted by atomic mass is 9.84. The number of nitrogens with zero attached hydrogens (tertiary/aromatic N) is 1. The molecule has 2 amide bonds. The van der Waals surface area contributed by atoms with E-state index in [9.17, 15) is 9.90 Å². The monoisotopic (exact) mass is 412 g/mol. The molecule has 29 heavy (non-hydrogen) atoms. The highest BCUT2D eigenvalue weighted by molar-refractivity contribution is 6.30. The minimum atomic E-state index is -0.790. The molecule has 2 aromatic carbocycles. The summed E-state index contributed by atoms with van der Waals surface area (Å²) in [6, 6.07) is 15.5. The molecule has 4 rings (SSSR count). The van der Waals surface area contributed by atoms with Crippen LogP contribution in [0.3, 0.4) is 0 Å². The van der Waals surface area contributed by atoms with Crippen molar-refractivity contribution >= 4 is 23.3 Å². The Balaban J connectivity index is 1.40. The molecule has 2 aromatic rings. The lowest BCUT2D eigenvalue weighted by Gasteiger charge is -2.28. The summed E-state index contributed by atoms with van der Waals surface area (Å²) in [6.45, 7) is 7.94. The first kappa shape index (κ1) is 20.2. The molecule has 1 saturated heterocycles. The Hall–Kier alpha value is -2.04. The van der Waals surface area contributed by atoms with Gasteiger partial charge in [-0.05, 0) is 59.4 Å². The zero-order valence-electron chi connectivity index (χ0n) is 17.3. The van der Waals surface area contributed by atoms with Gasteiger partial charge in [0.15, 0.2) is 0 Å². The molecule has 1 aliphatic heterocycles. The van der Waals surface area contributed by atoms with Crippen LogP contribution in [0.25, 0.3) is 0 Å². The van der Waals surface area contributed by atoms with Crippen molar-refractivity contribution in [3.63, 3.8) is 0 Å². The molecule has 4 nitrogen and oxygen atoms in total. The third-order valence-corrected chi connectivity index (χ3v) is 6.66. The number of carbonyl (C=O) groups excluding carboxylic acids is 1. The van der Waals surface area contributed by atoms with E-state index in [0.717, 1.165) is 5.56 Å². The maximum Gasteiger partial charge on any atom is 0.321 e. The molecule has 1 saturated carbocycles. The van der Waals surface area contributed by atoms with Gasteiger partial charge in [-0.25, -0.2) is 4.79 Å². The molecule has 1 unspecified atom stereocenters. The van der Waals surface area contributed by atoms with Gasteiger partial charge >= 0.3 is 6.03 Å². The van der Waals surface area contributed by atoms with E-state index in [1.165, 1.54) is 5.56 Å². The Kier molecular flexibility index (Phi) is 5.12. The van der Waals surface area contributed by atoms with E-state index in [1.807, 2.05) is 17.0 Å². The standard InChI is InChI=1S/C24H29ClN2O2/c1-23(2,3)18-7-9-19(10-8-18)24(29)12-16-14-27(15-17(16)13-24)22(28)26-21-6-4-5-20(25)11-21/h4-11,16-17,29H,12-15H2,1-3H3,(H,26,28)/t16-,17+,24?. The molecule has 0 radical (unpaired) electrons. The van der Waals surface area contributed by atoms with Crippen molar-refractivity contribution in [3.8, 4) is 0 Å². The van der Waals surface area contributed by atoms with Crippen molar-refractivity contribution in [2.24, 2.45) is 11.8 Å². The highest BCUT2D eigenvalue weighted by Crippen LogP contribution is 2.49. The van der Waals surface area contributed by atoms with Gasteiger partial charge in [0.25, 0.3) is 0 Å². The van der Waals surface area contributed by atoms with Crippen molar-refractivity contribution in [1.82, 2.24) is 4.90 Å². The fraction of sp³-hybridized carbons (Fsp3) is 0.458. The van der Waals surface area contributed by atoms with Gasteiger partial charge in [0, 0.05) is 23.8 Å². The zero-order chi connectivity index (χ0) is 20.8. The van der Waals surface area contributed by atoms with Gasteiger partial charge in [0.05, 0.1) is 5.60 Å². The molecular weight excluding hydrogens is 384 g/mol. The van der Waals surface area contributed by atoms with Crippen LogP contribution in [-0.4, -0.2) is 29.1 Å². The van der Waals surface area contributed by atoms with E-state index in [-0.39, 0.29) is 11.4 Å². The predicted octanol–water partition coefficient (Wildman–Crippen LogP) is 5.40. The van der Waals surface area contributed by atoms with Crippen LogP contribution in [0.5, 0.6) is 0 Å². The molecule has 154 valence electrons. The maximum absolute atomic E-state index is 12.6. The maximum atomic E-state index is 12.6. The van der Waals surface area contributed by atoms with Gasteiger partial charge in [-0.3, -0.25) is 0 Å². The SMILES string of the molecule is CC(C)(C)c1ccc(C2(O)C[C@H]3CN(C(=O)Nc4cccc(Cl)c4)C[C@H]3C2)cc1. The van der Waals surface area contributed by atoms with Gasteiger partial charge in [-0.2, -0.15) is 0 Å². The first-order valence-electron chi connectivity index (χ1n) is 10.3. The molecule has 3 atom stereocenters. The van der Waals surface area contributed by atoms with Gasteiger partial charge in [-0.1, -0.05) is 62.7 Å². The van der Waals surface area contributed by atoms with Crippen LogP contribution in [0, 0.1) is 11.8 Å². The number of benzene rings is 2. The Morgan fingerprint density at radius 3 is 2.28 bits per heavy atom. The highest BCUT2D eigenvalue weighted by Gasteiger charge is 2.49. The number of nitrogens with one attached hydrogen (secondary N) is 1. The Morgan fingerprint density at radius 1 is 1.10 bits per heavy atom. The van der Waals surface area contributed by atoms with Gasteiger partial charge in [0.2, 0.25) is 0 Å². The number of amides is 2. The molecule has 0 bridgehead atoms. The van der Waals surface area contributed by atoms with E-state index >= 15 is 0 Å². The van der Waals surface area contributed by atoms with Crippen LogP contribution in [0.1, 0.15) is 44.7 Å². The summed E-state index contributed by atoms with van der Waals surface area (Å²) in [5.74, 6) is 0.653. The number of halogens is 1. The summed E-state index contributed by atoms with van der Waals surface area (Å²) in [4.78, 5) is 14.5. The van der Waals surface area contributed by atoms with Crippen molar-refractivity contribution in [2.45, 2.75) is 44.6 Å². The van der Waals surface area contributed by atoms with Gasteiger partial charge in [0.1, 0.15) is 0 Å². The van der Waals surface area contributed by atoms with Gasteiger partial charge in [-0.15, -0.1) is 0 Å². The van der Waals surface area contributed by atoms with Crippen molar-refractivity contribution in [1.29, 1.82) is 0 Å². The summed E-state index contributed by atoms with van der Waals surface area (Å²) in [5.41, 5.74) is 2.28. The quantitative estimate of drug-likeness (QED) is 0.693. The first-order chi connectivity index (χ1) is 13.6. The second-order valence-electron chi connectivity index (χ2n) is 9.63. The number of hydrogen-bond acceptors (Lipinski definition) is 2. The lowest BCUT2D eigenvalue weighted by molar-refractivity contribution is 0.0328. The number of anilines is 1. The molecule has 1 heterocycles. The van der Waals surface area contributed by atoms with E-state index < -0.39 is 5.60 Å². The number of fused-ring (bicyclic) bond motifs is 1. The van der Waals surface area contributed by atoms with Crippen molar-refractivity contribution < 1.29 is 9.90 Å². The summed E-state index contributed by atoms with van der Waals surface area (Å²) >= 11 is 6.00. The van der Waals surface area contributed by atoms with Crippen LogP contribution in [0.15, 0.2) is 48.5 Å². The molecule has 2 aliphatic rings. The zero-order valence-corrected chi connectivity index (χ0v) is 18.0. The fourth-order valence-electron chi connectivity index (χ4n) is 4.80. The van der Waals surface area contributed by atoms with E-state index in [2.05, 4.69) is 50.4 Å². The molecule has 1 aliphatic carbocycles. The third-order valence-electron chi connectivity index (χ3n) is 6.43. The number of aliphatic hydroxyl groups is 1. The summed E-state index contributed by atoms with van der Waals surface area (Å²) < 4.78 is 0. The van der Waals surface area contributed by atoms with Crippen LogP contribution < -0.4 is 5.32 Å². The van der Waals surface area contributed by atoms with Crippen LogP contribution >= 0.6 is 11.6 Å². The minimum absolute atomic E-state index is 0.0975. The second kappa shape index (κ2) is 7.33. The van der Waals surface area contributed by atoms with Crippen molar-refractivity contribution in [3.05, 3.63) is 64.7 Å². The fourth-order valence-corrected chi connectivity index (χ4v) is 4.99. The minimum Gasteiger partial charge on any atom is -0.385 e. The van der Waals surface area contributed by atoms with E-state index in [4.69, 9.17) is 11.6 Å². The Morgan fingerprint density at radius 2 is 1.72 bits per heavy atom. The average Bonchev–Trinajstić information content (AvgIpc) is 3.17. The van der Waals surface area contributed by atoms with Crippen molar-refractivity contribution in [2.75, 3.05) is 18.4 Å². The van der Waals surface area contributed by atoms with Crippen LogP contribution in [0.2, 0.25) is 5.02 Å². The summed E-state index contributed by atoms with van der Waals surface area (Å²) in [5, 5.41) is 14.8. The Labute approximate surface area is 177 Å². The number of carbonyl (C=O) groups is 1. The number of hydrogen-bond donors (Lipinski definition) is 2. The molecule has 2 fully saturated rings. The first-order valence-corrected chi connectivity index (χ1v) is 10.7. The summed E-state index contributed by atoms with van der Waals surface area (Å²) in [7, 11) is 0. The van der Waals surface area contributed by atoms with E-state index in [1.54, 1.807) is 12.1 Å². The molecule has 2 N–H and O–H groups in total. The van der Waals surface area contributed by atoms with E-state index in [0.29, 0.717) is 48.5 Å². The largest absolute Gasteiger partial charge is 0.385 e. The smallest absolute Gasteiger partial charge is 0.321 e. The molecule has 0 aromatic heterocycles. The topological polar surface area (TPSA) is 52.6 Å². The third kappa shape index (κ3) is 4.15. The summed E-state index contributed by atoms with van der Waals surface area (Å²) in [6.07, 6.45) is 1.40. The van der Waals surface area contributed by atoms with Gasteiger partial charge < -0.3 is 15.3 Å². The van der Waals surface area contributed by atoms with Crippen LogP contribution in [-0.2, 0) is 11.0 Å². The molecule has 0 spiro atoms. The molecular formula is C24H29ClN2O2. The highest BCUT2D eigenvalue weighted by atomic mass is 35.5. The number of urea groups is 1. The van der Waals surface area contributed by atoms with Crippen LogP contribution in [0.4, 0.5) is 10.5 Å². The second-order valence-corrected chi connectivity index (χ2v) is 10.1. The molecule has 5 heteroatoms. The lowest BCUT2D eigenvalue weighted by Crippen LogP contribution is -2.35. The Bertz CT molecular complexity index is 890.